The number of benzene rings is 1. The molecule has 1 atom stereocenters. The summed E-state index contributed by atoms with van der Waals surface area (Å²) in [6.07, 6.45) is 2.69. The summed E-state index contributed by atoms with van der Waals surface area (Å²) in [6.45, 7) is 5.56. The lowest BCUT2D eigenvalue weighted by Gasteiger charge is -2.11. The van der Waals surface area contributed by atoms with Crippen LogP contribution >= 0.6 is 11.8 Å². The van der Waals surface area contributed by atoms with Gasteiger partial charge in [0, 0.05) is 16.7 Å². The minimum absolute atomic E-state index is 0.732. The quantitative estimate of drug-likeness (QED) is 0.787. The Kier molecular flexibility index (Phi) is 3.71. The van der Waals surface area contributed by atoms with E-state index in [4.69, 9.17) is 0 Å². The fourth-order valence-corrected chi connectivity index (χ4v) is 3.17. The van der Waals surface area contributed by atoms with E-state index in [1.54, 1.807) is 0 Å². The second-order valence-electron chi connectivity index (χ2n) is 4.37. The van der Waals surface area contributed by atoms with Gasteiger partial charge in [-0.3, -0.25) is 0 Å². The van der Waals surface area contributed by atoms with Gasteiger partial charge in [-0.1, -0.05) is 17.7 Å². The second-order valence-corrected chi connectivity index (χ2v) is 5.44. The Balaban J connectivity index is 1.92. The second kappa shape index (κ2) is 5.04. The minimum atomic E-state index is 0.732. The van der Waals surface area contributed by atoms with Gasteiger partial charge in [0.25, 0.3) is 0 Å². The van der Waals surface area contributed by atoms with Crippen LogP contribution < -0.4 is 5.32 Å². The van der Waals surface area contributed by atoms with Crippen molar-refractivity contribution in [1.29, 1.82) is 0 Å². The largest absolute Gasteiger partial charge is 0.313 e. The molecule has 1 fully saturated rings. The van der Waals surface area contributed by atoms with Gasteiger partial charge in [0.05, 0.1) is 0 Å². The number of nitrogens with one attached hydrogen (secondary N) is 1. The molecule has 2 heteroatoms. The third-order valence-corrected chi connectivity index (χ3v) is 4.27. The van der Waals surface area contributed by atoms with Gasteiger partial charge in [-0.05, 0) is 44.9 Å². The SMILES string of the molecule is Cc1ccc(SCC2CCCN2)c(C)c1. The Bertz CT molecular complexity index is 329. The maximum atomic E-state index is 3.54. The summed E-state index contributed by atoms with van der Waals surface area (Å²) in [7, 11) is 0. The zero-order valence-electron chi connectivity index (χ0n) is 9.55. The molecule has 0 spiro atoms. The molecule has 15 heavy (non-hydrogen) atoms. The molecule has 0 radical (unpaired) electrons. The van der Waals surface area contributed by atoms with E-state index in [1.807, 2.05) is 11.8 Å². The van der Waals surface area contributed by atoms with Crippen molar-refractivity contribution >= 4 is 11.8 Å². The Hall–Kier alpha value is -0.470. The molecule has 1 aromatic rings. The maximum absolute atomic E-state index is 3.54. The molecule has 1 heterocycles. The molecule has 0 aromatic heterocycles. The Morgan fingerprint density at radius 3 is 2.93 bits per heavy atom. The zero-order chi connectivity index (χ0) is 10.7. The van der Waals surface area contributed by atoms with Gasteiger partial charge in [0.2, 0.25) is 0 Å². The third kappa shape index (κ3) is 2.99. The van der Waals surface area contributed by atoms with E-state index in [1.165, 1.54) is 41.2 Å². The van der Waals surface area contributed by atoms with Crippen LogP contribution in [0.1, 0.15) is 24.0 Å². The van der Waals surface area contributed by atoms with Gasteiger partial charge in [0.15, 0.2) is 0 Å². The number of aryl methyl sites for hydroxylation is 2. The monoisotopic (exact) mass is 221 g/mol. The molecule has 1 N–H and O–H groups in total. The molecule has 1 aliphatic rings. The highest BCUT2D eigenvalue weighted by Crippen LogP contribution is 2.25. The van der Waals surface area contributed by atoms with Crippen LogP contribution in [0.5, 0.6) is 0 Å². The van der Waals surface area contributed by atoms with Gasteiger partial charge in [-0.2, -0.15) is 0 Å². The summed E-state index contributed by atoms with van der Waals surface area (Å²) in [5, 5.41) is 3.54. The molecule has 0 bridgehead atoms. The number of hydrogen-bond donors (Lipinski definition) is 1. The Labute approximate surface area is 96.7 Å². The van der Waals surface area contributed by atoms with Crippen LogP contribution in [0.3, 0.4) is 0 Å². The molecule has 2 rings (SSSR count). The number of thioether (sulfide) groups is 1. The molecule has 0 amide bonds. The normalized spacial score (nSPS) is 20.8. The van der Waals surface area contributed by atoms with Gasteiger partial charge < -0.3 is 5.32 Å². The summed E-state index contributed by atoms with van der Waals surface area (Å²) < 4.78 is 0. The topological polar surface area (TPSA) is 12.0 Å². The molecule has 0 aliphatic carbocycles. The first-order valence-corrected chi connectivity index (χ1v) is 6.68. The van der Waals surface area contributed by atoms with E-state index >= 15 is 0 Å². The lowest BCUT2D eigenvalue weighted by Crippen LogP contribution is -2.23. The van der Waals surface area contributed by atoms with Crippen LogP contribution in [-0.2, 0) is 0 Å². The average molecular weight is 221 g/mol. The first-order valence-electron chi connectivity index (χ1n) is 5.69. The molecule has 1 unspecified atom stereocenters. The molecular formula is C13H19NS. The van der Waals surface area contributed by atoms with Crippen molar-refractivity contribution in [2.24, 2.45) is 0 Å². The number of rotatable bonds is 3. The number of hydrogen-bond acceptors (Lipinski definition) is 2. The van der Waals surface area contributed by atoms with Crippen LogP contribution in [0.25, 0.3) is 0 Å². The molecule has 0 saturated carbocycles. The lowest BCUT2D eigenvalue weighted by molar-refractivity contribution is 0.674. The zero-order valence-corrected chi connectivity index (χ0v) is 10.4. The highest BCUT2D eigenvalue weighted by atomic mass is 32.2. The molecule has 1 saturated heterocycles. The highest BCUT2D eigenvalue weighted by Gasteiger charge is 2.14. The van der Waals surface area contributed by atoms with Crippen molar-refractivity contribution in [2.45, 2.75) is 37.6 Å². The van der Waals surface area contributed by atoms with Crippen molar-refractivity contribution in [3.8, 4) is 0 Å². The van der Waals surface area contributed by atoms with Crippen molar-refractivity contribution in [2.75, 3.05) is 12.3 Å². The Morgan fingerprint density at radius 2 is 2.27 bits per heavy atom. The molecule has 82 valence electrons. The summed E-state index contributed by atoms with van der Waals surface area (Å²) in [6, 6.07) is 7.46. The van der Waals surface area contributed by atoms with Crippen molar-refractivity contribution in [3.63, 3.8) is 0 Å². The van der Waals surface area contributed by atoms with E-state index in [0.717, 1.165) is 6.04 Å². The van der Waals surface area contributed by atoms with Crippen LogP contribution in [-0.4, -0.2) is 18.3 Å². The van der Waals surface area contributed by atoms with Crippen LogP contribution in [0.4, 0.5) is 0 Å². The highest BCUT2D eigenvalue weighted by molar-refractivity contribution is 7.99. The van der Waals surface area contributed by atoms with E-state index < -0.39 is 0 Å². The third-order valence-electron chi connectivity index (χ3n) is 2.93. The van der Waals surface area contributed by atoms with Crippen LogP contribution in [0.2, 0.25) is 0 Å². The fourth-order valence-electron chi connectivity index (χ4n) is 2.05. The van der Waals surface area contributed by atoms with Crippen LogP contribution in [0, 0.1) is 13.8 Å². The summed E-state index contributed by atoms with van der Waals surface area (Å²) >= 11 is 1.99. The van der Waals surface area contributed by atoms with Gasteiger partial charge >= 0.3 is 0 Å². The predicted molar refractivity (Wildman–Crippen MR) is 67.7 cm³/mol. The van der Waals surface area contributed by atoms with E-state index in [2.05, 4.69) is 37.4 Å². The standard InChI is InChI=1S/C13H19NS/c1-10-5-6-13(11(2)8-10)15-9-12-4-3-7-14-12/h5-6,8,12,14H,3-4,7,9H2,1-2H3. The smallest absolute Gasteiger partial charge is 0.0162 e. The van der Waals surface area contributed by atoms with Crippen molar-refractivity contribution in [3.05, 3.63) is 29.3 Å². The molecule has 1 aliphatic heterocycles. The maximum Gasteiger partial charge on any atom is 0.0162 e. The average Bonchev–Trinajstić information content (AvgIpc) is 2.69. The molecule has 1 aromatic carbocycles. The summed E-state index contributed by atoms with van der Waals surface area (Å²) in [4.78, 5) is 1.44. The van der Waals surface area contributed by atoms with E-state index in [9.17, 15) is 0 Å². The minimum Gasteiger partial charge on any atom is -0.313 e. The van der Waals surface area contributed by atoms with Crippen molar-refractivity contribution in [1.82, 2.24) is 5.32 Å². The molecule has 1 nitrogen and oxygen atoms in total. The summed E-state index contributed by atoms with van der Waals surface area (Å²) in [5.74, 6) is 1.21. The van der Waals surface area contributed by atoms with Gasteiger partial charge in [0.1, 0.15) is 0 Å². The molecular weight excluding hydrogens is 202 g/mol. The predicted octanol–water partition coefficient (Wildman–Crippen LogP) is 3.15. The first-order chi connectivity index (χ1) is 7.25. The van der Waals surface area contributed by atoms with E-state index in [0.29, 0.717) is 0 Å². The van der Waals surface area contributed by atoms with Crippen molar-refractivity contribution < 1.29 is 0 Å². The van der Waals surface area contributed by atoms with Gasteiger partial charge in [-0.25, -0.2) is 0 Å². The van der Waals surface area contributed by atoms with Crippen LogP contribution in [0.15, 0.2) is 23.1 Å². The lowest BCUT2D eigenvalue weighted by atomic mass is 10.2. The Morgan fingerprint density at radius 1 is 1.40 bits per heavy atom. The summed E-state index contributed by atoms with van der Waals surface area (Å²) in [5.41, 5.74) is 2.77. The fraction of sp³-hybridized carbons (Fsp3) is 0.538. The first kappa shape index (κ1) is 11.0. The van der Waals surface area contributed by atoms with Gasteiger partial charge in [-0.15, -0.1) is 11.8 Å². The van der Waals surface area contributed by atoms with E-state index in [-0.39, 0.29) is 0 Å².